The van der Waals surface area contributed by atoms with Gasteiger partial charge in [-0.25, -0.2) is 9.78 Å². The van der Waals surface area contributed by atoms with Gasteiger partial charge >= 0.3 is 6.09 Å². The molecule has 0 aromatic carbocycles. The number of amides is 2. The van der Waals surface area contributed by atoms with Crippen molar-refractivity contribution in [1.82, 2.24) is 15.6 Å². The second-order valence-electron chi connectivity index (χ2n) is 8.15. The van der Waals surface area contributed by atoms with Gasteiger partial charge in [0.15, 0.2) is 0 Å². The van der Waals surface area contributed by atoms with E-state index in [1.54, 1.807) is 0 Å². The Morgan fingerprint density at radius 3 is 2.27 bits per heavy atom. The van der Waals surface area contributed by atoms with Gasteiger partial charge in [-0.15, -0.1) is 11.3 Å². The quantitative estimate of drug-likeness (QED) is 0.769. The molecule has 2 rings (SSSR count). The van der Waals surface area contributed by atoms with Gasteiger partial charge in [0.05, 0.1) is 16.2 Å². The van der Waals surface area contributed by atoms with Gasteiger partial charge in [0, 0.05) is 6.54 Å². The molecule has 7 heteroatoms. The molecule has 146 valence electrons. The number of thiazole rings is 1. The van der Waals surface area contributed by atoms with E-state index >= 15 is 0 Å². The Morgan fingerprint density at radius 2 is 1.77 bits per heavy atom. The van der Waals surface area contributed by atoms with Crippen molar-refractivity contribution in [2.75, 3.05) is 6.54 Å². The Balaban J connectivity index is 2.07. The van der Waals surface area contributed by atoms with E-state index in [1.807, 2.05) is 34.6 Å². The van der Waals surface area contributed by atoms with Crippen LogP contribution in [-0.4, -0.2) is 34.7 Å². The lowest BCUT2D eigenvalue weighted by Gasteiger charge is -2.35. The van der Waals surface area contributed by atoms with E-state index in [-0.39, 0.29) is 5.91 Å². The van der Waals surface area contributed by atoms with Crippen LogP contribution in [0.5, 0.6) is 0 Å². The minimum atomic E-state index is -0.545. The number of carbonyl (C=O) groups excluding carboxylic acids is 2. The van der Waals surface area contributed by atoms with Gasteiger partial charge in [-0.05, 0) is 47.5 Å². The highest BCUT2D eigenvalue weighted by atomic mass is 32.1. The van der Waals surface area contributed by atoms with Crippen LogP contribution in [-0.2, 0) is 4.74 Å². The third kappa shape index (κ3) is 5.97. The average molecular weight is 382 g/mol. The summed E-state index contributed by atoms with van der Waals surface area (Å²) < 4.78 is 5.45. The number of rotatable bonds is 4. The zero-order valence-corrected chi connectivity index (χ0v) is 17.3. The highest BCUT2D eigenvalue weighted by Gasteiger charge is 2.35. The van der Waals surface area contributed by atoms with E-state index < -0.39 is 17.2 Å². The zero-order valence-electron chi connectivity index (χ0n) is 16.5. The molecule has 1 aromatic rings. The first-order valence-corrected chi connectivity index (χ1v) is 10.2. The minimum Gasteiger partial charge on any atom is -0.444 e. The summed E-state index contributed by atoms with van der Waals surface area (Å²) in [5.41, 5.74) is -0.251. The van der Waals surface area contributed by atoms with Gasteiger partial charge in [-0.1, -0.05) is 25.7 Å². The maximum atomic E-state index is 12.6. The summed E-state index contributed by atoms with van der Waals surface area (Å²) in [6.45, 7) is 9.70. The van der Waals surface area contributed by atoms with Crippen LogP contribution in [0.2, 0.25) is 0 Å². The Labute approximate surface area is 160 Å². The highest BCUT2D eigenvalue weighted by molar-refractivity contribution is 7.13. The predicted octanol–water partition coefficient (Wildman–Crippen LogP) is 4.11. The number of nitrogens with one attached hydrogen (secondary N) is 2. The third-order valence-corrected chi connectivity index (χ3v) is 5.60. The summed E-state index contributed by atoms with van der Waals surface area (Å²) in [5.74, 6) is -0.122. The molecule has 1 saturated carbocycles. The summed E-state index contributed by atoms with van der Waals surface area (Å²) >= 11 is 1.40. The van der Waals surface area contributed by atoms with Gasteiger partial charge in [0.25, 0.3) is 5.91 Å². The molecule has 1 aliphatic carbocycles. The summed E-state index contributed by atoms with van der Waals surface area (Å²) in [5, 5.41) is 6.97. The number of ether oxygens (including phenoxy) is 1. The summed E-state index contributed by atoms with van der Waals surface area (Å²) in [7, 11) is 0. The van der Waals surface area contributed by atoms with Crippen LogP contribution in [0.1, 0.15) is 79.7 Å². The van der Waals surface area contributed by atoms with Gasteiger partial charge < -0.3 is 15.4 Å². The van der Waals surface area contributed by atoms with Crippen molar-refractivity contribution < 1.29 is 14.3 Å². The summed E-state index contributed by atoms with van der Waals surface area (Å²) in [6, 6.07) is 0. The zero-order chi connectivity index (χ0) is 19.4. The number of hydrogen-bond donors (Lipinski definition) is 2. The first-order valence-electron chi connectivity index (χ1n) is 9.34. The Kier molecular flexibility index (Phi) is 6.66. The lowest BCUT2D eigenvalue weighted by atomic mass is 9.90. The average Bonchev–Trinajstić information content (AvgIpc) is 2.70. The molecule has 1 fully saturated rings. The maximum Gasteiger partial charge on any atom is 0.408 e. The first-order chi connectivity index (χ1) is 12.1. The molecule has 0 aliphatic heterocycles. The molecule has 1 aliphatic rings. The van der Waals surface area contributed by atoms with E-state index in [4.69, 9.17) is 4.74 Å². The second-order valence-corrected chi connectivity index (χ2v) is 9.35. The monoisotopic (exact) mass is 381 g/mol. The van der Waals surface area contributed by atoms with Crippen molar-refractivity contribution >= 4 is 23.3 Å². The van der Waals surface area contributed by atoms with Gasteiger partial charge in [0.1, 0.15) is 10.5 Å². The molecular formula is C19H31N3O3S. The van der Waals surface area contributed by atoms with Crippen molar-refractivity contribution in [3.8, 4) is 0 Å². The molecular weight excluding hydrogens is 350 g/mol. The predicted molar refractivity (Wildman–Crippen MR) is 104 cm³/mol. The smallest absolute Gasteiger partial charge is 0.408 e. The number of carbonyl (C=O) groups is 2. The number of nitrogens with zero attached hydrogens (tertiary/aromatic N) is 1. The number of alkyl carbamates (subject to hydrolysis) is 1. The maximum absolute atomic E-state index is 12.6. The van der Waals surface area contributed by atoms with E-state index in [9.17, 15) is 9.59 Å². The normalized spacial score (nSPS) is 17.3. The molecule has 26 heavy (non-hydrogen) atoms. The van der Waals surface area contributed by atoms with E-state index in [1.165, 1.54) is 11.3 Å². The Morgan fingerprint density at radius 1 is 1.15 bits per heavy atom. The van der Waals surface area contributed by atoms with Crippen molar-refractivity contribution in [2.24, 2.45) is 0 Å². The summed E-state index contributed by atoms with van der Waals surface area (Å²) in [4.78, 5) is 29.9. The number of hydrogen-bond acceptors (Lipinski definition) is 5. The SMILES string of the molecule is Cc1nc(C)c(C(=O)NCC2(NC(=O)OC(C)(C)C)CCCCCC2)s1. The minimum absolute atomic E-state index is 0.122. The fraction of sp³-hybridized carbons (Fsp3) is 0.737. The Bertz CT molecular complexity index is 641. The molecule has 1 heterocycles. The van der Waals surface area contributed by atoms with Crippen molar-refractivity contribution in [1.29, 1.82) is 0 Å². The van der Waals surface area contributed by atoms with E-state index in [2.05, 4.69) is 15.6 Å². The third-order valence-electron chi connectivity index (χ3n) is 4.52. The molecule has 0 spiro atoms. The molecule has 2 N–H and O–H groups in total. The van der Waals surface area contributed by atoms with E-state index in [0.717, 1.165) is 49.2 Å². The molecule has 0 radical (unpaired) electrons. The molecule has 6 nitrogen and oxygen atoms in total. The summed E-state index contributed by atoms with van der Waals surface area (Å²) in [6.07, 6.45) is 5.63. The fourth-order valence-electron chi connectivity index (χ4n) is 3.34. The van der Waals surface area contributed by atoms with Crippen molar-refractivity contribution in [2.45, 2.75) is 84.3 Å². The van der Waals surface area contributed by atoms with Gasteiger partial charge in [-0.3, -0.25) is 4.79 Å². The van der Waals surface area contributed by atoms with Crippen LogP contribution in [0, 0.1) is 13.8 Å². The van der Waals surface area contributed by atoms with Crippen molar-refractivity contribution in [3.63, 3.8) is 0 Å². The number of aromatic nitrogens is 1. The second kappa shape index (κ2) is 8.37. The fourth-order valence-corrected chi connectivity index (χ4v) is 4.18. The topological polar surface area (TPSA) is 80.3 Å². The van der Waals surface area contributed by atoms with Crippen LogP contribution < -0.4 is 10.6 Å². The molecule has 0 atom stereocenters. The molecule has 0 bridgehead atoms. The molecule has 0 saturated heterocycles. The van der Waals surface area contributed by atoms with Crippen LogP contribution in [0.3, 0.4) is 0 Å². The Hall–Kier alpha value is -1.63. The highest BCUT2D eigenvalue weighted by Crippen LogP contribution is 2.28. The first kappa shape index (κ1) is 20.7. The van der Waals surface area contributed by atoms with Crippen LogP contribution >= 0.6 is 11.3 Å². The molecule has 1 aromatic heterocycles. The number of aryl methyl sites for hydroxylation is 2. The lowest BCUT2D eigenvalue weighted by Crippen LogP contribution is -2.56. The van der Waals surface area contributed by atoms with Crippen LogP contribution in [0.4, 0.5) is 4.79 Å². The van der Waals surface area contributed by atoms with Crippen LogP contribution in [0.15, 0.2) is 0 Å². The van der Waals surface area contributed by atoms with Gasteiger partial charge in [-0.2, -0.15) is 0 Å². The van der Waals surface area contributed by atoms with Gasteiger partial charge in [0.2, 0.25) is 0 Å². The largest absolute Gasteiger partial charge is 0.444 e. The van der Waals surface area contributed by atoms with E-state index in [0.29, 0.717) is 11.4 Å². The lowest BCUT2D eigenvalue weighted by molar-refractivity contribution is 0.0437. The van der Waals surface area contributed by atoms with Crippen LogP contribution in [0.25, 0.3) is 0 Å². The molecule has 0 unspecified atom stereocenters. The molecule has 2 amide bonds. The van der Waals surface area contributed by atoms with Crippen molar-refractivity contribution in [3.05, 3.63) is 15.6 Å². The standard InChI is InChI=1S/C19H31N3O3S/c1-13-15(26-14(2)21-13)16(23)20-12-19(10-8-6-7-9-11-19)22-17(24)25-18(3,4)5/h6-12H2,1-5H3,(H,20,23)(H,22,24).